The molecule has 1 fully saturated rings. The van der Waals surface area contributed by atoms with Crippen molar-refractivity contribution in [3.05, 3.63) is 96.6 Å². The Labute approximate surface area is 255 Å². The van der Waals surface area contributed by atoms with Gasteiger partial charge >= 0.3 is 0 Å². The van der Waals surface area contributed by atoms with Gasteiger partial charge in [-0.25, -0.2) is 18.7 Å². The fourth-order valence-corrected chi connectivity index (χ4v) is 6.44. The first-order valence-electron chi connectivity index (χ1n) is 15.5. The second kappa shape index (κ2) is 12.7. The molecule has 3 heterocycles. The van der Waals surface area contributed by atoms with Crippen LogP contribution in [0.5, 0.6) is 0 Å². The molecule has 1 saturated heterocycles. The Morgan fingerprint density at radius 3 is 1.39 bits per heavy atom. The van der Waals surface area contributed by atoms with Gasteiger partial charge in [-0.3, -0.25) is 0 Å². The van der Waals surface area contributed by atoms with Crippen LogP contribution < -0.4 is 10.6 Å². The van der Waals surface area contributed by atoms with Crippen molar-refractivity contribution in [3.63, 3.8) is 0 Å². The molecule has 0 amide bonds. The summed E-state index contributed by atoms with van der Waals surface area (Å²) in [4.78, 5) is 14.3. The van der Waals surface area contributed by atoms with Crippen molar-refractivity contribution in [2.75, 3.05) is 63.0 Å². The molecule has 1 aliphatic rings. The second-order valence-corrected chi connectivity index (χ2v) is 11.5. The molecule has 6 nitrogen and oxygen atoms in total. The molecule has 224 valence electrons. The van der Waals surface area contributed by atoms with Crippen LogP contribution in [0.25, 0.3) is 43.6 Å². The number of hydrogen-bond donors (Lipinski definition) is 2. The Balaban J connectivity index is 0.893. The highest BCUT2D eigenvalue weighted by Crippen LogP contribution is 2.33. The number of hydrogen-bond acceptors (Lipinski definition) is 6. The quantitative estimate of drug-likeness (QED) is 0.129. The Morgan fingerprint density at radius 2 is 0.932 bits per heavy atom. The van der Waals surface area contributed by atoms with Gasteiger partial charge in [0.05, 0.1) is 44.2 Å². The molecule has 0 bridgehead atoms. The predicted molar refractivity (Wildman–Crippen MR) is 178 cm³/mol. The monoisotopic (exact) mass is 590 g/mol. The number of pyridine rings is 2. The lowest BCUT2D eigenvalue weighted by Crippen LogP contribution is -2.47. The van der Waals surface area contributed by atoms with E-state index in [9.17, 15) is 8.78 Å². The van der Waals surface area contributed by atoms with Gasteiger partial charge in [-0.05, 0) is 62.3 Å². The SMILES string of the molecule is Fc1cccc2nc3ccccc3c(NCCCN3CCN(CCCNc4c5ccccc5nc5cccc(F)c45)CC3)c12. The number of anilines is 2. The Bertz CT molecular complexity index is 1800. The normalized spacial score (nSPS) is 14.6. The maximum Gasteiger partial charge on any atom is 0.134 e. The van der Waals surface area contributed by atoms with Gasteiger partial charge < -0.3 is 20.4 Å². The van der Waals surface area contributed by atoms with Gasteiger partial charge in [-0.15, -0.1) is 0 Å². The molecule has 0 radical (unpaired) electrons. The van der Waals surface area contributed by atoms with Crippen molar-refractivity contribution in [2.45, 2.75) is 12.8 Å². The summed E-state index contributed by atoms with van der Waals surface area (Å²) in [7, 11) is 0. The molecule has 8 heteroatoms. The predicted octanol–water partition coefficient (Wildman–Crippen LogP) is 7.29. The standard InChI is InChI=1S/C36H36F2N6/c37-27-11-5-15-31-33(27)35(25-9-1-3-13-29(25)41-31)39-17-7-19-43-21-23-44(24-22-43)20-8-18-40-36-26-10-2-4-14-30(26)42-32-16-6-12-28(38)34(32)36/h1-6,9-16H,7-8,17-24H2,(H,39,41)(H,40,42). The van der Waals surface area contributed by atoms with E-state index >= 15 is 0 Å². The number of para-hydroxylation sites is 2. The molecule has 0 aliphatic carbocycles. The highest BCUT2D eigenvalue weighted by atomic mass is 19.1. The van der Waals surface area contributed by atoms with Gasteiger partial charge in [-0.2, -0.15) is 0 Å². The van der Waals surface area contributed by atoms with E-state index in [1.165, 1.54) is 12.1 Å². The van der Waals surface area contributed by atoms with Gasteiger partial charge in [0.2, 0.25) is 0 Å². The highest BCUT2D eigenvalue weighted by Gasteiger charge is 2.18. The minimum Gasteiger partial charge on any atom is -0.384 e. The summed E-state index contributed by atoms with van der Waals surface area (Å²) in [6.45, 7) is 7.67. The lowest BCUT2D eigenvalue weighted by atomic mass is 10.1. The molecule has 0 saturated carbocycles. The van der Waals surface area contributed by atoms with Gasteiger partial charge in [0.15, 0.2) is 0 Å². The fraction of sp³-hybridized carbons (Fsp3) is 0.278. The zero-order chi connectivity index (χ0) is 29.9. The molecule has 4 aromatic carbocycles. The molecule has 0 atom stereocenters. The molecule has 0 unspecified atom stereocenters. The van der Waals surface area contributed by atoms with Crippen LogP contribution >= 0.6 is 0 Å². The van der Waals surface area contributed by atoms with Gasteiger partial charge in [0, 0.05) is 50.0 Å². The molecule has 2 N–H and O–H groups in total. The first kappa shape index (κ1) is 28.4. The van der Waals surface area contributed by atoms with E-state index in [4.69, 9.17) is 0 Å². The molecule has 7 rings (SSSR count). The number of fused-ring (bicyclic) bond motifs is 4. The molecule has 6 aromatic rings. The first-order chi connectivity index (χ1) is 21.7. The van der Waals surface area contributed by atoms with Crippen LogP contribution in [0.4, 0.5) is 20.2 Å². The van der Waals surface area contributed by atoms with E-state index in [2.05, 4.69) is 30.4 Å². The third kappa shape index (κ3) is 5.75. The van der Waals surface area contributed by atoms with Crippen LogP contribution in [-0.4, -0.2) is 72.1 Å². The van der Waals surface area contributed by atoms with Crippen molar-refractivity contribution >= 4 is 55.0 Å². The topological polar surface area (TPSA) is 56.3 Å². The zero-order valence-corrected chi connectivity index (χ0v) is 24.7. The molecule has 2 aromatic heterocycles. The molecular weight excluding hydrogens is 554 g/mol. The van der Waals surface area contributed by atoms with E-state index < -0.39 is 0 Å². The van der Waals surface area contributed by atoms with E-state index in [-0.39, 0.29) is 11.6 Å². The van der Waals surface area contributed by atoms with E-state index in [0.717, 1.165) is 98.4 Å². The average Bonchev–Trinajstić information content (AvgIpc) is 3.05. The summed E-state index contributed by atoms with van der Waals surface area (Å²) in [6, 6.07) is 26.0. The van der Waals surface area contributed by atoms with Gasteiger partial charge in [0.1, 0.15) is 11.6 Å². The fourth-order valence-electron chi connectivity index (χ4n) is 6.44. The summed E-state index contributed by atoms with van der Waals surface area (Å²) in [5.41, 5.74) is 4.75. The number of rotatable bonds is 10. The summed E-state index contributed by atoms with van der Waals surface area (Å²) in [6.07, 6.45) is 1.95. The molecular formula is C36H36F2N6. The maximum atomic E-state index is 14.8. The van der Waals surface area contributed by atoms with Crippen LogP contribution in [-0.2, 0) is 0 Å². The second-order valence-electron chi connectivity index (χ2n) is 11.5. The lowest BCUT2D eigenvalue weighted by molar-refractivity contribution is 0.132. The number of nitrogens with one attached hydrogen (secondary N) is 2. The van der Waals surface area contributed by atoms with Crippen molar-refractivity contribution in [1.82, 2.24) is 19.8 Å². The summed E-state index contributed by atoms with van der Waals surface area (Å²) >= 11 is 0. The van der Waals surface area contributed by atoms with Crippen molar-refractivity contribution < 1.29 is 8.78 Å². The number of benzene rings is 4. The molecule has 44 heavy (non-hydrogen) atoms. The van der Waals surface area contributed by atoms with Crippen LogP contribution in [0.3, 0.4) is 0 Å². The number of aromatic nitrogens is 2. The summed E-state index contributed by atoms with van der Waals surface area (Å²) in [5.74, 6) is -0.492. The van der Waals surface area contributed by atoms with Crippen LogP contribution in [0, 0.1) is 11.6 Å². The highest BCUT2D eigenvalue weighted by molar-refractivity contribution is 6.08. The number of nitrogens with zero attached hydrogens (tertiary/aromatic N) is 4. The first-order valence-corrected chi connectivity index (χ1v) is 15.5. The van der Waals surface area contributed by atoms with E-state index in [1.807, 2.05) is 60.7 Å². The van der Waals surface area contributed by atoms with Crippen LogP contribution in [0.2, 0.25) is 0 Å². The average molecular weight is 591 g/mol. The van der Waals surface area contributed by atoms with Crippen molar-refractivity contribution in [1.29, 1.82) is 0 Å². The summed E-state index contributed by atoms with van der Waals surface area (Å²) < 4.78 is 29.7. The van der Waals surface area contributed by atoms with Crippen LogP contribution in [0.15, 0.2) is 84.9 Å². The summed E-state index contributed by atoms with van der Waals surface area (Å²) in [5, 5.41) is 10.1. The minimum atomic E-state index is -0.246. The van der Waals surface area contributed by atoms with Crippen molar-refractivity contribution in [3.8, 4) is 0 Å². The van der Waals surface area contributed by atoms with Gasteiger partial charge in [-0.1, -0.05) is 48.5 Å². The smallest absolute Gasteiger partial charge is 0.134 e. The lowest BCUT2D eigenvalue weighted by Gasteiger charge is -2.34. The Hall–Kier alpha value is -4.40. The number of piperazine rings is 1. The molecule has 0 spiro atoms. The maximum absolute atomic E-state index is 14.8. The largest absolute Gasteiger partial charge is 0.384 e. The Morgan fingerprint density at radius 1 is 0.523 bits per heavy atom. The molecule has 1 aliphatic heterocycles. The van der Waals surface area contributed by atoms with E-state index in [0.29, 0.717) is 21.8 Å². The minimum absolute atomic E-state index is 0.246. The zero-order valence-electron chi connectivity index (χ0n) is 24.7. The van der Waals surface area contributed by atoms with Crippen molar-refractivity contribution in [2.24, 2.45) is 0 Å². The number of halogens is 2. The van der Waals surface area contributed by atoms with Gasteiger partial charge in [0.25, 0.3) is 0 Å². The third-order valence-electron chi connectivity index (χ3n) is 8.68. The Kier molecular flexibility index (Phi) is 8.18. The van der Waals surface area contributed by atoms with E-state index in [1.54, 1.807) is 12.1 Å². The third-order valence-corrected chi connectivity index (χ3v) is 8.68. The van der Waals surface area contributed by atoms with Crippen LogP contribution in [0.1, 0.15) is 12.8 Å².